The van der Waals surface area contributed by atoms with E-state index in [2.05, 4.69) is 15.2 Å². The Morgan fingerprint density at radius 2 is 2.19 bits per heavy atom. The number of nitrogens with one attached hydrogen (secondary N) is 1. The maximum absolute atomic E-state index is 12.7. The number of ether oxygens (including phenoxy) is 1. The number of methoxy groups -OCH3 is 1. The first-order valence-electron chi connectivity index (χ1n) is 8.92. The van der Waals surface area contributed by atoms with E-state index in [1.54, 1.807) is 12.3 Å². The number of carbonyl (C=O) groups is 2. The number of hydrogen-bond donors (Lipinski definition) is 1. The zero-order chi connectivity index (χ0) is 18.7. The molecule has 1 aliphatic carbocycles. The Morgan fingerprint density at radius 3 is 2.85 bits per heavy atom. The third kappa shape index (κ3) is 3.92. The van der Waals surface area contributed by atoms with E-state index in [1.807, 2.05) is 24.6 Å². The molecule has 0 saturated heterocycles. The van der Waals surface area contributed by atoms with Gasteiger partial charge < -0.3 is 10.1 Å². The first-order valence-corrected chi connectivity index (χ1v) is 8.92. The molecule has 0 spiro atoms. The van der Waals surface area contributed by atoms with Gasteiger partial charge in [-0.25, -0.2) is 14.5 Å². The molecule has 2 aromatic rings. The minimum absolute atomic E-state index is 0.144. The molecule has 1 fully saturated rings. The lowest BCUT2D eigenvalue weighted by Crippen LogP contribution is -2.24. The predicted molar refractivity (Wildman–Crippen MR) is 98.0 cm³/mol. The fraction of sp³-hybridized carbons (Fsp3) is 0.474. The number of pyridine rings is 1. The second-order valence-corrected chi connectivity index (χ2v) is 6.76. The van der Waals surface area contributed by atoms with Crippen molar-refractivity contribution in [1.82, 2.24) is 20.1 Å². The van der Waals surface area contributed by atoms with Crippen LogP contribution in [0.4, 0.5) is 0 Å². The summed E-state index contributed by atoms with van der Waals surface area (Å²) in [4.78, 5) is 28.5. The fourth-order valence-corrected chi connectivity index (χ4v) is 2.80. The minimum Gasteiger partial charge on any atom is -0.466 e. The van der Waals surface area contributed by atoms with Gasteiger partial charge in [-0.15, -0.1) is 0 Å². The summed E-state index contributed by atoms with van der Waals surface area (Å²) in [6.45, 7) is 4.53. The van der Waals surface area contributed by atoms with E-state index in [0.29, 0.717) is 24.4 Å². The molecule has 0 radical (unpaired) electrons. The van der Waals surface area contributed by atoms with E-state index < -0.39 is 5.97 Å². The minimum atomic E-state index is -0.401. The Bertz CT molecular complexity index is 850. The zero-order valence-electron chi connectivity index (χ0n) is 15.4. The van der Waals surface area contributed by atoms with Crippen molar-refractivity contribution in [2.45, 2.75) is 45.1 Å². The molecule has 2 aromatic heterocycles. The van der Waals surface area contributed by atoms with Gasteiger partial charge in [-0.1, -0.05) is 6.08 Å². The van der Waals surface area contributed by atoms with Crippen molar-refractivity contribution in [2.24, 2.45) is 0 Å². The largest absolute Gasteiger partial charge is 0.466 e. The average Bonchev–Trinajstić information content (AvgIpc) is 3.38. The van der Waals surface area contributed by atoms with Crippen LogP contribution < -0.4 is 5.32 Å². The molecule has 2 heterocycles. The van der Waals surface area contributed by atoms with E-state index in [0.717, 1.165) is 29.6 Å². The molecule has 0 aromatic carbocycles. The summed E-state index contributed by atoms with van der Waals surface area (Å²) in [5, 5.41) is 8.08. The molecule has 0 bridgehead atoms. The summed E-state index contributed by atoms with van der Waals surface area (Å²) in [5.41, 5.74) is 2.34. The predicted octanol–water partition coefficient (Wildman–Crippen LogP) is 2.74. The normalized spacial score (nSPS) is 14.3. The van der Waals surface area contributed by atoms with E-state index in [-0.39, 0.29) is 11.9 Å². The molecule has 26 heavy (non-hydrogen) atoms. The van der Waals surface area contributed by atoms with Gasteiger partial charge >= 0.3 is 5.97 Å². The van der Waals surface area contributed by atoms with Crippen LogP contribution in [0, 0.1) is 0 Å². The van der Waals surface area contributed by atoms with Crippen LogP contribution in [-0.4, -0.2) is 40.3 Å². The van der Waals surface area contributed by atoms with Crippen LogP contribution in [0.15, 0.2) is 24.4 Å². The van der Waals surface area contributed by atoms with Crippen LogP contribution in [-0.2, 0) is 9.53 Å². The standard InChI is InChI=1S/C19H24N4O3/c1-12(2)23-18-15(11-21-23)14(10-16(22-18)13-7-8-13)19(25)20-9-5-4-6-17(24)26-3/h4,6,10-13H,5,7-9H2,1-3H3,(H,20,25)/b6-4+. The molecule has 1 saturated carbocycles. The fourth-order valence-electron chi connectivity index (χ4n) is 2.80. The van der Waals surface area contributed by atoms with Crippen LogP contribution in [0.25, 0.3) is 11.0 Å². The molecule has 138 valence electrons. The Labute approximate surface area is 152 Å². The third-order valence-electron chi connectivity index (χ3n) is 4.37. The van der Waals surface area contributed by atoms with Gasteiger partial charge in [-0.2, -0.15) is 5.10 Å². The Hall–Kier alpha value is -2.70. The highest BCUT2D eigenvalue weighted by Crippen LogP contribution is 2.40. The maximum Gasteiger partial charge on any atom is 0.330 e. The van der Waals surface area contributed by atoms with E-state index in [4.69, 9.17) is 4.98 Å². The van der Waals surface area contributed by atoms with Gasteiger partial charge in [0.25, 0.3) is 5.91 Å². The van der Waals surface area contributed by atoms with Crippen molar-refractivity contribution in [1.29, 1.82) is 0 Å². The highest BCUT2D eigenvalue weighted by molar-refractivity contribution is 6.05. The van der Waals surface area contributed by atoms with Crippen molar-refractivity contribution in [3.05, 3.63) is 35.7 Å². The van der Waals surface area contributed by atoms with Gasteiger partial charge in [0.05, 0.1) is 24.3 Å². The molecule has 0 atom stereocenters. The molecular formula is C19H24N4O3. The summed E-state index contributed by atoms with van der Waals surface area (Å²) in [6.07, 6.45) is 7.54. The van der Waals surface area contributed by atoms with Gasteiger partial charge in [-0.3, -0.25) is 4.79 Å². The average molecular weight is 356 g/mol. The highest BCUT2D eigenvalue weighted by atomic mass is 16.5. The number of nitrogens with zero attached hydrogens (tertiary/aromatic N) is 3. The van der Waals surface area contributed by atoms with Gasteiger partial charge in [0.1, 0.15) is 0 Å². The maximum atomic E-state index is 12.7. The van der Waals surface area contributed by atoms with Gasteiger partial charge in [-0.05, 0) is 39.2 Å². The number of fused-ring (bicyclic) bond motifs is 1. The van der Waals surface area contributed by atoms with Crippen LogP contribution in [0.3, 0.4) is 0 Å². The first kappa shape index (κ1) is 18.1. The van der Waals surface area contributed by atoms with Crippen molar-refractivity contribution >= 4 is 22.9 Å². The Balaban J connectivity index is 1.78. The lowest BCUT2D eigenvalue weighted by molar-refractivity contribution is -0.134. The first-order chi connectivity index (χ1) is 12.5. The Morgan fingerprint density at radius 1 is 1.42 bits per heavy atom. The number of carbonyl (C=O) groups excluding carboxylic acids is 2. The van der Waals surface area contributed by atoms with Gasteiger partial charge in [0, 0.05) is 30.3 Å². The second-order valence-electron chi connectivity index (χ2n) is 6.76. The SMILES string of the molecule is COC(=O)/C=C/CCNC(=O)c1cc(C2CC2)nc2c1cnn2C(C)C. The van der Waals surface area contributed by atoms with Crippen LogP contribution in [0.5, 0.6) is 0 Å². The summed E-state index contributed by atoms with van der Waals surface area (Å²) >= 11 is 0. The molecule has 1 aliphatic rings. The van der Waals surface area contributed by atoms with Crippen LogP contribution in [0.1, 0.15) is 61.1 Å². The van der Waals surface area contributed by atoms with Crippen LogP contribution in [0.2, 0.25) is 0 Å². The Kier molecular flexibility index (Phi) is 5.35. The monoisotopic (exact) mass is 356 g/mol. The smallest absolute Gasteiger partial charge is 0.330 e. The van der Waals surface area contributed by atoms with Gasteiger partial charge in [0.15, 0.2) is 5.65 Å². The second kappa shape index (κ2) is 7.68. The lowest BCUT2D eigenvalue weighted by atomic mass is 10.1. The van der Waals surface area contributed by atoms with Gasteiger partial charge in [0.2, 0.25) is 0 Å². The van der Waals surface area contributed by atoms with Crippen LogP contribution >= 0.6 is 0 Å². The number of aromatic nitrogens is 3. The molecule has 0 aliphatic heterocycles. The molecule has 7 heteroatoms. The molecular weight excluding hydrogens is 332 g/mol. The number of hydrogen-bond acceptors (Lipinski definition) is 5. The number of esters is 1. The van der Waals surface area contributed by atoms with E-state index in [1.165, 1.54) is 13.2 Å². The summed E-state index contributed by atoms with van der Waals surface area (Å²) in [5.74, 6) is -0.0964. The summed E-state index contributed by atoms with van der Waals surface area (Å²) in [6, 6.07) is 2.07. The third-order valence-corrected chi connectivity index (χ3v) is 4.37. The lowest BCUT2D eigenvalue weighted by Gasteiger charge is -2.10. The molecule has 3 rings (SSSR count). The molecule has 1 amide bonds. The van der Waals surface area contributed by atoms with E-state index >= 15 is 0 Å². The number of rotatable bonds is 7. The molecule has 0 unspecified atom stereocenters. The number of amides is 1. The topological polar surface area (TPSA) is 86.1 Å². The van der Waals surface area contributed by atoms with Crippen molar-refractivity contribution < 1.29 is 14.3 Å². The van der Waals surface area contributed by atoms with E-state index in [9.17, 15) is 9.59 Å². The van der Waals surface area contributed by atoms with Crippen molar-refractivity contribution in [3.8, 4) is 0 Å². The van der Waals surface area contributed by atoms with Crippen molar-refractivity contribution in [2.75, 3.05) is 13.7 Å². The zero-order valence-corrected chi connectivity index (χ0v) is 15.4. The molecule has 7 nitrogen and oxygen atoms in total. The van der Waals surface area contributed by atoms with Crippen molar-refractivity contribution in [3.63, 3.8) is 0 Å². The quantitative estimate of drug-likeness (QED) is 0.468. The highest BCUT2D eigenvalue weighted by Gasteiger charge is 2.28. The summed E-state index contributed by atoms with van der Waals surface area (Å²) < 4.78 is 6.39. The summed E-state index contributed by atoms with van der Waals surface area (Å²) in [7, 11) is 1.33. The molecule has 1 N–H and O–H groups in total.